The van der Waals surface area contributed by atoms with Crippen molar-refractivity contribution in [2.24, 2.45) is 11.3 Å². The summed E-state index contributed by atoms with van der Waals surface area (Å²) in [6, 6.07) is 0. The van der Waals surface area contributed by atoms with E-state index >= 15 is 0 Å². The summed E-state index contributed by atoms with van der Waals surface area (Å²) >= 11 is 0. The number of allylic oxidation sites excluding steroid dienone is 3. The summed E-state index contributed by atoms with van der Waals surface area (Å²) in [5.41, 5.74) is 2.09. The lowest BCUT2D eigenvalue weighted by molar-refractivity contribution is -0.0453. The van der Waals surface area contributed by atoms with Gasteiger partial charge < -0.3 is 14.6 Å². The van der Waals surface area contributed by atoms with E-state index in [1.165, 1.54) is 11.1 Å². The molecule has 0 radical (unpaired) electrons. The number of hydrogen-bond acceptors (Lipinski definition) is 3. The number of ether oxygens (including phenoxy) is 2. The monoisotopic (exact) mass is 334 g/mol. The summed E-state index contributed by atoms with van der Waals surface area (Å²) in [7, 11) is 1.65. The van der Waals surface area contributed by atoms with E-state index in [0.717, 1.165) is 19.3 Å². The van der Waals surface area contributed by atoms with Crippen molar-refractivity contribution in [1.82, 2.24) is 0 Å². The van der Waals surface area contributed by atoms with Crippen molar-refractivity contribution in [1.29, 1.82) is 0 Å². The first-order valence-electron chi connectivity index (χ1n) is 9.04. The largest absolute Gasteiger partial charge is 0.393 e. The molecule has 0 spiro atoms. The molecule has 0 aromatic carbocycles. The maximum Gasteiger partial charge on any atom is 0.117 e. The van der Waals surface area contributed by atoms with Gasteiger partial charge in [-0.25, -0.2) is 0 Å². The third-order valence-corrected chi connectivity index (χ3v) is 6.07. The summed E-state index contributed by atoms with van der Waals surface area (Å²) in [5, 5.41) is 9.48. The zero-order valence-electron chi connectivity index (χ0n) is 16.2. The van der Waals surface area contributed by atoms with Crippen LogP contribution in [0.1, 0.15) is 53.9 Å². The van der Waals surface area contributed by atoms with Gasteiger partial charge in [-0.05, 0) is 44.6 Å². The second-order valence-corrected chi connectivity index (χ2v) is 8.30. The van der Waals surface area contributed by atoms with E-state index in [4.69, 9.17) is 9.47 Å². The topological polar surface area (TPSA) is 42.0 Å². The number of aliphatic hydroxyl groups excluding tert-OH is 1. The molecule has 4 atom stereocenters. The second kappa shape index (κ2) is 6.78. The van der Waals surface area contributed by atoms with Crippen LogP contribution in [-0.4, -0.2) is 36.1 Å². The van der Waals surface area contributed by atoms with Gasteiger partial charge in [0.15, 0.2) is 0 Å². The summed E-state index contributed by atoms with van der Waals surface area (Å²) in [5.74, 6) is 0.490. The minimum absolute atomic E-state index is 0.0325. The van der Waals surface area contributed by atoms with E-state index in [0.29, 0.717) is 5.92 Å². The van der Waals surface area contributed by atoms with Gasteiger partial charge in [0.05, 0.1) is 18.3 Å². The predicted octanol–water partition coefficient (Wildman–Crippen LogP) is 4.43. The smallest absolute Gasteiger partial charge is 0.117 e. The Morgan fingerprint density at radius 2 is 2.17 bits per heavy atom. The van der Waals surface area contributed by atoms with Gasteiger partial charge in [0.1, 0.15) is 5.60 Å². The van der Waals surface area contributed by atoms with Crippen LogP contribution in [0.5, 0.6) is 0 Å². The summed E-state index contributed by atoms with van der Waals surface area (Å²) in [4.78, 5) is 0. The zero-order chi connectivity index (χ0) is 18.2. The molecule has 0 aromatic heterocycles. The molecular weight excluding hydrogens is 300 g/mol. The van der Waals surface area contributed by atoms with Gasteiger partial charge in [0, 0.05) is 12.5 Å². The summed E-state index contributed by atoms with van der Waals surface area (Å²) in [6.45, 7) is 14.9. The second-order valence-electron chi connectivity index (χ2n) is 8.30. The van der Waals surface area contributed by atoms with E-state index in [1.807, 2.05) is 6.92 Å². The Hall–Kier alpha value is -0.900. The fourth-order valence-electron chi connectivity index (χ4n) is 3.74. The van der Waals surface area contributed by atoms with Crippen LogP contribution >= 0.6 is 0 Å². The highest BCUT2D eigenvalue weighted by Crippen LogP contribution is 2.51. The van der Waals surface area contributed by atoms with E-state index < -0.39 is 5.60 Å². The third kappa shape index (κ3) is 3.54. The molecule has 136 valence electrons. The Kier molecular flexibility index (Phi) is 5.49. The van der Waals surface area contributed by atoms with Gasteiger partial charge >= 0.3 is 0 Å². The molecule has 0 amide bonds. The van der Waals surface area contributed by atoms with Crippen LogP contribution in [0.2, 0.25) is 0 Å². The lowest BCUT2D eigenvalue weighted by atomic mass is 9.69. The van der Waals surface area contributed by atoms with Gasteiger partial charge in [0.25, 0.3) is 0 Å². The normalized spacial score (nSPS) is 35.2. The van der Waals surface area contributed by atoms with Crippen molar-refractivity contribution < 1.29 is 14.6 Å². The number of aliphatic hydroxyl groups is 1. The molecule has 1 fully saturated rings. The standard InChI is InChI=1S/C21H34O3/c1-8-19(4)11-9-16(13-17(19)15(2)3)21(6)18(24-21)10-12-20(5,14-22)23-7/h8-9,13,15,18,22H,1,10-12,14H2,2-7H3/t18?,19-,20?,21?/m0/s1. The van der Waals surface area contributed by atoms with Crippen molar-refractivity contribution in [3.8, 4) is 0 Å². The van der Waals surface area contributed by atoms with Crippen LogP contribution in [0.3, 0.4) is 0 Å². The molecule has 1 saturated heterocycles. The molecule has 0 aromatic rings. The van der Waals surface area contributed by atoms with E-state index in [1.54, 1.807) is 7.11 Å². The lowest BCUT2D eigenvalue weighted by Crippen LogP contribution is -2.32. The molecule has 3 heteroatoms. The van der Waals surface area contributed by atoms with Crippen molar-refractivity contribution in [2.45, 2.75) is 71.2 Å². The average molecular weight is 335 g/mol. The minimum atomic E-state index is -0.478. The van der Waals surface area contributed by atoms with E-state index in [2.05, 4.69) is 52.5 Å². The number of methoxy groups -OCH3 is 1. The SMILES string of the molecule is C=C[C@@]1(C)CC=C(C2(C)OC2CCC(C)(CO)OC)C=C1C(C)C. The first-order valence-corrected chi connectivity index (χ1v) is 9.04. The zero-order valence-corrected chi connectivity index (χ0v) is 16.2. The Bertz CT molecular complexity index is 541. The Morgan fingerprint density at radius 1 is 1.50 bits per heavy atom. The van der Waals surface area contributed by atoms with Crippen LogP contribution in [-0.2, 0) is 9.47 Å². The average Bonchev–Trinajstić information content (AvgIpc) is 3.24. The van der Waals surface area contributed by atoms with Crippen LogP contribution < -0.4 is 0 Å². The van der Waals surface area contributed by atoms with Crippen molar-refractivity contribution >= 4 is 0 Å². The van der Waals surface area contributed by atoms with Gasteiger partial charge in [-0.15, -0.1) is 6.58 Å². The molecule has 0 saturated carbocycles. The maximum absolute atomic E-state index is 9.48. The summed E-state index contributed by atoms with van der Waals surface area (Å²) in [6.07, 6.45) is 9.58. The van der Waals surface area contributed by atoms with E-state index in [-0.39, 0.29) is 23.7 Å². The molecule has 0 bridgehead atoms. The Morgan fingerprint density at radius 3 is 2.67 bits per heavy atom. The van der Waals surface area contributed by atoms with Crippen LogP contribution in [0, 0.1) is 11.3 Å². The van der Waals surface area contributed by atoms with Crippen LogP contribution in [0.15, 0.2) is 36.0 Å². The quantitative estimate of drug-likeness (QED) is 0.527. The minimum Gasteiger partial charge on any atom is -0.393 e. The Balaban J connectivity index is 2.09. The van der Waals surface area contributed by atoms with Crippen LogP contribution in [0.25, 0.3) is 0 Å². The van der Waals surface area contributed by atoms with Gasteiger partial charge in [0.2, 0.25) is 0 Å². The molecule has 3 nitrogen and oxygen atoms in total. The molecule has 2 aliphatic rings. The van der Waals surface area contributed by atoms with E-state index in [9.17, 15) is 5.11 Å². The van der Waals surface area contributed by atoms with Gasteiger partial charge in [-0.2, -0.15) is 0 Å². The predicted molar refractivity (Wildman–Crippen MR) is 98.9 cm³/mol. The van der Waals surface area contributed by atoms with Crippen LogP contribution in [0.4, 0.5) is 0 Å². The highest BCUT2D eigenvalue weighted by atomic mass is 16.6. The van der Waals surface area contributed by atoms with Crippen molar-refractivity contribution in [2.75, 3.05) is 13.7 Å². The lowest BCUT2D eigenvalue weighted by Gasteiger charge is -2.35. The maximum atomic E-state index is 9.48. The van der Waals surface area contributed by atoms with Gasteiger partial charge in [-0.1, -0.05) is 44.6 Å². The molecule has 24 heavy (non-hydrogen) atoms. The molecule has 2 rings (SSSR count). The molecule has 3 unspecified atom stereocenters. The molecule has 1 aliphatic heterocycles. The first-order chi connectivity index (χ1) is 11.1. The molecule has 1 N–H and O–H groups in total. The highest BCUT2D eigenvalue weighted by Gasteiger charge is 2.55. The number of epoxide rings is 1. The number of rotatable bonds is 8. The summed E-state index contributed by atoms with van der Waals surface area (Å²) < 4.78 is 11.5. The fraction of sp³-hybridized carbons (Fsp3) is 0.714. The first kappa shape index (κ1) is 19.4. The van der Waals surface area contributed by atoms with Crippen molar-refractivity contribution in [3.05, 3.63) is 36.0 Å². The molecule has 1 aliphatic carbocycles. The van der Waals surface area contributed by atoms with Gasteiger partial charge in [-0.3, -0.25) is 0 Å². The van der Waals surface area contributed by atoms with Crippen molar-refractivity contribution in [3.63, 3.8) is 0 Å². The molecular formula is C21H34O3. The highest BCUT2D eigenvalue weighted by molar-refractivity contribution is 5.44. The Labute approximate surface area is 147 Å². The number of hydrogen-bond donors (Lipinski definition) is 1. The fourth-order valence-corrected chi connectivity index (χ4v) is 3.74. The third-order valence-electron chi connectivity index (χ3n) is 6.07. The molecule has 1 heterocycles.